The van der Waals surface area contributed by atoms with Crippen molar-refractivity contribution in [2.24, 2.45) is 5.92 Å². The summed E-state index contributed by atoms with van der Waals surface area (Å²) in [6.07, 6.45) is 3.94. The van der Waals surface area contributed by atoms with Gasteiger partial charge in [0.2, 0.25) is 0 Å². The molecule has 0 atom stereocenters. The standard InChI is InChI=1S/C18H30N2/c1-6-17-10-14-20(15-11-17)18(4,5)12-8-7-9-13-19-16(2)3/h16-17,19H,6,10-11,13-15H2,1-5H3. The maximum Gasteiger partial charge on any atom is 0.0779 e. The van der Waals surface area contributed by atoms with E-state index in [4.69, 9.17) is 0 Å². The molecule has 0 aromatic heterocycles. The molecule has 0 aliphatic carbocycles. The summed E-state index contributed by atoms with van der Waals surface area (Å²) in [6, 6.07) is 0.480. The summed E-state index contributed by atoms with van der Waals surface area (Å²) >= 11 is 0. The van der Waals surface area contributed by atoms with E-state index in [0.717, 1.165) is 5.92 Å². The molecule has 1 aliphatic heterocycles. The van der Waals surface area contributed by atoms with Crippen LogP contribution in [0.3, 0.4) is 0 Å². The number of hydrogen-bond acceptors (Lipinski definition) is 2. The van der Waals surface area contributed by atoms with E-state index >= 15 is 0 Å². The van der Waals surface area contributed by atoms with Gasteiger partial charge in [-0.1, -0.05) is 25.2 Å². The van der Waals surface area contributed by atoms with Crippen molar-refractivity contribution in [2.75, 3.05) is 19.6 Å². The van der Waals surface area contributed by atoms with Crippen LogP contribution < -0.4 is 5.32 Å². The van der Waals surface area contributed by atoms with E-state index in [2.05, 4.69) is 68.5 Å². The van der Waals surface area contributed by atoms with Gasteiger partial charge in [0.05, 0.1) is 12.1 Å². The summed E-state index contributed by atoms with van der Waals surface area (Å²) in [5.41, 5.74) is -0.0567. The molecule has 1 aliphatic rings. The Labute approximate surface area is 125 Å². The third-order valence-corrected chi connectivity index (χ3v) is 4.10. The third kappa shape index (κ3) is 6.00. The highest BCUT2D eigenvalue weighted by Crippen LogP contribution is 2.25. The van der Waals surface area contributed by atoms with Crippen LogP contribution in [-0.2, 0) is 0 Å². The topological polar surface area (TPSA) is 15.3 Å². The van der Waals surface area contributed by atoms with Crippen LogP contribution >= 0.6 is 0 Å². The Kier molecular flexibility index (Phi) is 7.14. The van der Waals surface area contributed by atoms with E-state index in [-0.39, 0.29) is 5.54 Å². The van der Waals surface area contributed by atoms with Crippen LogP contribution in [0, 0.1) is 29.6 Å². The molecule has 2 nitrogen and oxygen atoms in total. The SMILES string of the molecule is CCC1CCN(C(C)(C)C#CC#CCNC(C)C)CC1. The third-order valence-electron chi connectivity index (χ3n) is 4.10. The second-order valence-corrected chi connectivity index (χ2v) is 6.49. The number of nitrogens with zero attached hydrogens (tertiary/aromatic N) is 1. The van der Waals surface area contributed by atoms with Gasteiger partial charge in [0.15, 0.2) is 0 Å². The van der Waals surface area contributed by atoms with Gasteiger partial charge in [-0.05, 0) is 71.4 Å². The minimum absolute atomic E-state index is 0.0567. The van der Waals surface area contributed by atoms with Crippen molar-refractivity contribution >= 4 is 0 Å². The Balaban J connectivity index is 2.45. The minimum Gasteiger partial charge on any atom is -0.304 e. The predicted octanol–water partition coefficient (Wildman–Crippen LogP) is 2.89. The van der Waals surface area contributed by atoms with Crippen LogP contribution in [-0.4, -0.2) is 36.1 Å². The zero-order valence-electron chi connectivity index (χ0n) is 13.8. The first-order chi connectivity index (χ1) is 9.45. The van der Waals surface area contributed by atoms with E-state index in [1.165, 1.54) is 32.4 Å². The number of likely N-dealkylation sites (tertiary alicyclic amines) is 1. The molecule has 20 heavy (non-hydrogen) atoms. The summed E-state index contributed by atoms with van der Waals surface area (Å²) < 4.78 is 0. The lowest BCUT2D eigenvalue weighted by molar-refractivity contribution is 0.111. The zero-order chi connectivity index (χ0) is 15.0. The number of nitrogens with one attached hydrogen (secondary N) is 1. The summed E-state index contributed by atoms with van der Waals surface area (Å²) in [5.74, 6) is 13.3. The van der Waals surface area contributed by atoms with Gasteiger partial charge in [-0.3, -0.25) is 4.90 Å². The Hall–Kier alpha value is -0.960. The van der Waals surface area contributed by atoms with Crippen LogP contribution in [0.4, 0.5) is 0 Å². The number of hydrogen-bond donors (Lipinski definition) is 1. The average molecular weight is 274 g/mol. The Bertz CT molecular complexity index is 393. The highest BCUT2D eigenvalue weighted by atomic mass is 15.2. The van der Waals surface area contributed by atoms with Gasteiger partial charge in [0, 0.05) is 6.04 Å². The molecular weight excluding hydrogens is 244 g/mol. The van der Waals surface area contributed by atoms with Gasteiger partial charge in [-0.2, -0.15) is 0 Å². The van der Waals surface area contributed by atoms with Gasteiger partial charge in [-0.25, -0.2) is 0 Å². The normalized spacial score (nSPS) is 17.3. The van der Waals surface area contributed by atoms with Crippen molar-refractivity contribution in [3.05, 3.63) is 0 Å². The molecule has 0 bridgehead atoms. The fourth-order valence-electron chi connectivity index (χ4n) is 2.51. The first kappa shape index (κ1) is 17.1. The second-order valence-electron chi connectivity index (χ2n) is 6.49. The first-order valence-corrected chi connectivity index (χ1v) is 7.94. The van der Waals surface area contributed by atoms with Crippen molar-refractivity contribution in [3.8, 4) is 23.7 Å². The van der Waals surface area contributed by atoms with Crippen LogP contribution in [0.25, 0.3) is 0 Å². The van der Waals surface area contributed by atoms with Gasteiger partial charge < -0.3 is 5.32 Å². The van der Waals surface area contributed by atoms with Gasteiger partial charge >= 0.3 is 0 Å². The maximum absolute atomic E-state index is 3.32. The van der Waals surface area contributed by atoms with E-state index in [1.807, 2.05) is 0 Å². The van der Waals surface area contributed by atoms with Gasteiger partial charge in [-0.15, -0.1) is 0 Å². The lowest BCUT2D eigenvalue weighted by Crippen LogP contribution is -2.47. The lowest BCUT2D eigenvalue weighted by atomic mass is 9.91. The largest absolute Gasteiger partial charge is 0.304 e. The molecule has 1 fully saturated rings. The smallest absolute Gasteiger partial charge is 0.0779 e. The van der Waals surface area contributed by atoms with E-state index in [9.17, 15) is 0 Å². The first-order valence-electron chi connectivity index (χ1n) is 7.94. The predicted molar refractivity (Wildman–Crippen MR) is 87.4 cm³/mol. The second kappa shape index (κ2) is 8.35. The molecule has 1 N–H and O–H groups in total. The van der Waals surface area contributed by atoms with Crippen LogP contribution in [0.5, 0.6) is 0 Å². The van der Waals surface area contributed by atoms with Crippen LogP contribution in [0.1, 0.15) is 53.9 Å². The molecule has 2 heteroatoms. The monoisotopic (exact) mass is 274 g/mol. The molecule has 0 spiro atoms. The van der Waals surface area contributed by atoms with Crippen molar-refractivity contribution in [1.82, 2.24) is 10.2 Å². The summed E-state index contributed by atoms with van der Waals surface area (Å²) in [6.45, 7) is 14.0. The van der Waals surface area contributed by atoms with Crippen LogP contribution in [0.15, 0.2) is 0 Å². The molecule has 1 saturated heterocycles. The number of piperidine rings is 1. The quantitative estimate of drug-likeness (QED) is 0.793. The fourth-order valence-corrected chi connectivity index (χ4v) is 2.51. The molecule has 0 amide bonds. The lowest BCUT2D eigenvalue weighted by Gasteiger charge is -2.39. The Morgan fingerprint density at radius 2 is 1.85 bits per heavy atom. The Morgan fingerprint density at radius 1 is 1.20 bits per heavy atom. The molecule has 0 radical (unpaired) electrons. The fraction of sp³-hybridized carbons (Fsp3) is 0.778. The molecule has 0 aromatic carbocycles. The maximum atomic E-state index is 3.32. The highest BCUT2D eigenvalue weighted by Gasteiger charge is 2.28. The van der Waals surface area contributed by atoms with E-state index in [0.29, 0.717) is 12.6 Å². The van der Waals surface area contributed by atoms with Crippen molar-refractivity contribution in [3.63, 3.8) is 0 Å². The van der Waals surface area contributed by atoms with E-state index in [1.54, 1.807) is 0 Å². The summed E-state index contributed by atoms with van der Waals surface area (Å²) in [5, 5.41) is 3.27. The molecule has 1 rings (SSSR count). The molecule has 0 unspecified atom stereocenters. The van der Waals surface area contributed by atoms with Gasteiger partial charge in [0.1, 0.15) is 0 Å². The van der Waals surface area contributed by atoms with Crippen LogP contribution in [0.2, 0.25) is 0 Å². The molecule has 0 saturated carbocycles. The zero-order valence-corrected chi connectivity index (χ0v) is 13.8. The van der Waals surface area contributed by atoms with Gasteiger partial charge in [0.25, 0.3) is 0 Å². The van der Waals surface area contributed by atoms with E-state index < -0.39 is 0 Å². The van der Waals surface area contributed by atoms with Crippen molar-refractivity contribution < 1.29 is 0 Å². The summed E-state index contributed by atoms with van der Waals surface area (Å²) in [4.78, 5) is 2.50. The highest BCUT2D eigenvalue weighted by molar-refractivity contribution is 5.30. The Morgan fingerprint density at radius 3 is 2.40 bits per heavy atom. The average Bonchev–Trinajstić information content (AvgIpc) is 2.42. The number of rotatable bonds is 4. The molecular formula is C18H30N2. The van der Waals surface area contributed by atoms with Crippen molar-refractivity contribution in [2.45, 2.75) is 65.5 Å². The van der Waals surface area contributed by atoms with Crippen molar-refractivity contribution in [1.29, 1.82) is 0 Å². The molecule has 1 heterocycles. The summed E-state index contributed by atoms with van der Waals surface area (Å²) in [7, 11) is 0. The molecule has 0 aromatic rings. The molecule has 112 valence electrons. The minimum atomic E-state index is -0.0567.